The molecule has 1 aromatic heterocycles. The van der Waals surface area contributed by atoms with Gasteiger partial charge in [-0.15, -0.1) is 0 Å². The molecule has 0 saturated carbocycles. The predicted molar refractivity (Wildman–Crippen MR) is 78.7 cm³/mol. The largest absolute Gasteiger partial charge is 0.494 e. The molecular formula is C13H15N5O3. The fourth-order valence-electron chi connectivity index (χ4n) is 1.86. The van der Waals surface area contributed by atoms with Crippen LogP contribution in [-0.4, -0.2) is 21.5 Å². The number of nitrogens with one attached hydrogen (secondary N) is 1. The lowest BCUT2D eigenvalue weighted by molar-refractivity contribution is -0.385. The number of nitrogen functional groups attached to an aromatic ring is 1. The van der Waals surface area contributed by atoms with Crippen LogP contribution in [0, 0.1) is 17.0 Å². The van der Waals surface area contributed by atoms with Crippen LogP contribution < -0.4 is 15.8 Å². The van der Waals surface area contributed by atoms with Crippen molar-refractivity contribution in [2.45, 2.75) is 13.8 Å². The summed E-state index contributed by atoms with van der Waals surface area (Å²) < 4.78 is 5.38. The number of anilines is 3. The molecule has 2 aromatic rings. The van der Waals surface area contributed by atoms with Gasteiger partial charge in [0.25, 0.3) is 0 Å². The molecule has 1 aromatic carbocycles. The van der Waals surface area contributed by atoms with Crippen LogP contribution in [-0.2, 0) is 0 Å². The first kappa shape index (κ1) is 14.5. The van der Waals surface area contributed by atoms with Gasteiger partial charge in [-0.3, -0.25) is 10.1 Å². The lowest BCUT2D eigenvalue weighted by Crippen LogP contribution is -2.07. The molecule has 0 aliphatic heterocycles. The van der Waals surface area contributed by atoms with E-state index in [0.29, 0.717) is 18.0 Å². The molecule has 0 amide bonds. The van der Waals surface area contributed by atoms with E-state index in [1.54, 1.807) is 24.3 Å². The lowest BCUT2D eigenvalue weighted by atomic mass is 10.3. The Morgan fingerprint density at radius 2 is 2.19 bits per heavy atom. The molecule has 1 heterocycles. The van der Waals surface area contributed by atoms with Gasteiger partial charge >= 0.3 is 5.69 Å². The number of aromatic nitrogens is 2. The van der Waals surface area contributed by atoms with E-state index in [0.717, 1.165) is 0 Å². The summed E-state index contributed by atoms with van der Waals surface area (Å²) in [7, 11) is 0. The molecule has 0 radical (unpaired) electrons. The van der Waals surface area contributed by atoms with Crippen LogP contribution in [0.15, 0.2) is 24.3 Å². The van der Waals surface area contributed by atoms with Crippen molar-refractivity contribution in [3.8, 4) is 5.75 Å². The van der Waals surface area contributed by atoms with Crippen molar-refractivity contribution in [3.63, 3.8) is 0 Å². The average molecular weight is 289 g/mol. The molecule has 0 unspecified atom stereocenters. The van der Waals surface area contributed by atoms with Crippen LogP contribution in [0.3, 0.4) is 0 Å². The zero-order valence-electron chi connectivity index (χ0n) is 11.7. The normalized spacial score (nSPS) is 10.2. The van der Waals surface area contributed by atoms with E-state index in [-0.39, 0.29) is 23.1 Å². The molecule has 8 nitrogen and oxygen atoms in total. The number of nitrogens with two attached hydrogens (primary N) is 1. The Bertz CT molecular complexity index is 675. The van der Waals surface area contributed by atoms with Crippen LogP contribution >= 0.6 is 0 Å². The Balaban J connectivity index is 2.39. The maximum atomic E-state index is 11.1. The SMILES string of the molecule is CCOc1cccc(Nc2nc(N)nc(C)c2[N+](=O)[O-])c1. The molecule has 0 saturated heterocycles. The third kappa shape index (κ3) is 3.35. The monoisotopic (exact) mass is 289 g/mol. The third-order valence-electron chi connectivity index (χ3n) is 2.67. The second kappa shape index (κ2) is 6.04. The Hall–Kier alpha value is -2.90. The van der Waals surface area contributed by atoms with Gasteiger partial charge in [-0.05, 0) is 26.0 Å². The number of ether oxygens (including phenoxy) is 1. The molecule has 0 aliphatic rings. The van der Waals surface area contributed by atoms with E-state index >= 15 is 0 Å². The molecule has 21 heavy (non-hydrogen) atoms. The predicted octanol–water partition coefficient (Wildman–Crippen LogP) is 2.42. The van der Waals surface area contributed by atoms with Crippen LogP contribution in [0.4, 0.5) is 23.1 Å². The number of aryl methyl sites for hydroxylation is 1. The zero-order chi connectivity index (χ0) is 15.4. The van der Waals surface area contributed by atoms with E-state index in [2.05, 4.69) is 15.3 Å². The van der Waals surface area contributed by atoms with Crippen molar-refractivity contribution in [2.24, 2.45) is 0 Å². The third-order valence-corrected chi connectivity index (χ3v) is 2.67. The van der Waals surface area contributed by atoms with Gasteiger partial charge in [0.2, 0.25) is 11.8 Å². The number of hydrogen-bond acceptors (Lipinski definition) is 7. The highest BCUT2D eigenvalue weighted by Crippen LogP contribution is 2.29. The first-order valence-corrected chi connectivity index (χ1v) is 6.29. The van der Waals surface area contributed by atoms with Crippen LogP contribution in [0.5, 0.6) is 5.75 Å². The van der Waals surface area contributed by atoms with Gasteiger partial charge in [-0.2, -0.15) is 4.98 Å². The highest BCUT2D eigenvalue weighted by Gasteiger charge is 2.21. The molecule has 0 atom stereocenters. The number of benzene rings is 1. The van der Waals surface area contributed by atoms with Crippen LogP contribution in [0.1, 0.15) is 12.6 Å². The summed E-state index contributed by atoms with van der Waals surface area (Å²) in [5, 5.41) is 14.0. The van der Waals surface area contributed by atoms with Gasteiger partial charge in [-0.1, -0.05) is 6.07 Å². The lowest BCUT2D eigenvalue weighted by Gasteiger charge is -2.09. The minimum atomic E-state index is -0.538. The molecule has 8 heteroatoms. The first-order chi connectivity index (χ1) is 10.0. The van der Waals surface area contributed by atoms with Crippen molar-refractivity contribution in [1.82, 2.24) is 9.97 Å². The molecule has 0 aliphatic carbocycles. The summed E-state index contributed by atoms with van der Waals surface area (Å²) in [6, 6.07) is 7.04. The fourth-order valence-corrected chi connectivity index (χ4v) is 1.86. The van der Waals surface area contributed by atoms with Gasteiger partial charge in [0, 0.05) is 11.8 Å². The van der Waals surface area contributed by atoms with E-state index in [1.165, 1.54) is 6.92 Å². The molecule has 110 valence electrons. The number of hydrogen-bond donors (Lipinski definition) is 2. The summed E-state index contributed by atoms with van der Waals surface area (Å²) in [5.41, 5.74) is 6.16. The fraction of sp³-hybridized carbons (Fsp3) is 0.231. The van der Waals surface area contributed by atoms with E-state index in [1.807, 2.05) is 6.92 Å². The summed E-state index contributed by atoms with van der Waals surface area (Å²) in [6.45, 7) is 3.92. The highest BCUT2D eigenvalue weighted by molar-refractivity contribution is 5.68. The summed E-state index contributed by atoms with van der Waals surface area (Å²) in [5.74, 6) is 0.684. The zero-order valence-corrected chi connectivity index (χ0v) is 11.7. The summed E-state index contributed by atoms with van der Waals surface area (Å²) in [6.07, 6.45) is 0. The Kier molecular flexibility index (Phi) is 4.17. The summed E-state index contributed by atoms with van der Waals surface area (Å²) >= 11 is 0. The second-order valence-electron chi connectivity index (χ2n) is 4.21. The van der Waals surface area contributed by atoms with Gasteiger partial charge in [0.15, 0.2) is 0 Å². The highest BCUT2D eigenvalue weighted by atomic mass is 16.6. The Morgan fingerprint density at radius 3 is 2.86 bits per heavy atom. The standard InChI is InChI=1S/C13H15N5O3/c1-3-21-10-6-4-5-9(7-10)16-12-11(18(19)20)8(2)15-13(14)17-12/h4-7H,3H2,1-2H3,(H3,14,15,16,17). The Morgan fingerprint density at radius 1 is 1.43 bits per heavy atom. The molecular weight excluding hydrogens is 274 g/mol. The molecule has 0 fully saturated rings. The minimum Gasteiger partial charge on any atom is -0.494 e. The van der Waals surface area contributed by atoms with E-state index in [9.17, 15) is 10.1 Å². The molecule has 2 rings (SSSR count). The quantitative estimate of drug-likeness (QED) is 0.641. The topological polar surface area (TPSA) is 116 Å². The van der Waals surface area contributed by atoms with Crippen molar-refractivity contribution in [3.05, 3.63) is 40.1 Å². The molecule has 3 N–H and O–H groups in total. The van der Waals surface area contributed by atoms with Crippen molar-refractivity contribution < 1.29 is 9.66 Å². The van der Waals surface area contributed by atoms with Gasteiger partial charge in [0.1, 0.15) is 11.4 Å². The maximum Gasteiger partial charge on any atom is 0.332 e. The number of nitrogens with zero attached hydrogens (tertiary/aromatic N) is 3. The van der Waals surface area contributed by atoms with Gasteiger partial charge in [-0.25, -0.2) is 4.98 Å². The smallest absolute Gasteiger partial charge is 0.332 e. The van der Waals surface area contributed by atoms with E-state index < -0.39 is 4.92 Å². The average Bonchev–Trinajstić information content (AvgIpc) is 2.38. The van der Waals surface area contributed by atoms with Crippen molar-refractivity contribution in [2.75, 3.05) is 17.7 Å². The first-order valence-electron chi connectivity index (χ1n) is 6.29. The number of nitro groups is 1. The van der Waals surface area contributed by atoms with E-state index in [4.69, 9.17) is 10.5 Å². The van der Waals surface area contributed by atoms with Crippen LogP contribution in [0.25, 0.3) is 0 Å². The van der Waals surface area contributed by atoms with Crippen molar-refractivity contribution in [1.29, 1.82) is 0 Å². The van der Waals surface area contributed by atoms with Gasteiger partial charge in [0.05, 0.1) is 11.5 Å². The molecule has 0 bridgehead atoms. The molecule has 0 spiro atoms. The maximum absolute atomic E-state index is 11.1. The van der Waals surface area contributed by atoms with Crippen LogP contribution in [0.2, 0.25) is 0 Å². The summed E-state index contributed by atoms with van der Waals surface area (Å²) in [4.78, 5) is 18.3. The minimum absolute atomic E-state index is 0.0263. The van der Waals surface area contributed by atoms with Crippen molar-refractivity contribution >= 4 is 23.1 Å². The Labute approximate surface area is 121 Å². The van der Waals surface area contributed by atoms with Gasteiger partial charge < -0.3 is 15.8 Å². The number of rotatable bonds is 5. The second-order valence-corrected chi connectivity index (χ2v) is 4.21.